The van der Waals surface area contributed by atoms with E-state index in [9.17, 15) is 4.79 Å². The quantitative estimate of drug-likeness (QED) is 0.881. The Balaban J connectivity index is 1.32. The normalized spacial score (nSPS) is 20.3. The van der Waals surface area contributed by atoms with Crippen LogP contribution in [0.25, 0.3) is 0 Å². The molecular weight excluding hydrogens is 348 g/mol. The van der Waals surface area contributed by atoms with Crippen LogP contribution in [0.1, 0.15) is 48.4 Å². The van der Waals surface area contributed by atoms with Gasteiger partial charge in [0.05, 0.1) is 6.04 Å². The number of nitrogens with zero attached hydrogens (tertiary/aromatic N) is 3. The second-order valence-electron chi connectivity index (χ2n) is 7.87. The van der Waals surface area contributed by atoms with E-state index in [1.807, 2.05) is 29.4 Å². The van der Waals surface area contributed by atoms with Gasteiger partial charge < -0.3 is 10.2 Å². The third-order valence-corrected chi connectivity index (χ3v) is 6.02. The van der Waals surface area contributed by atoms with Crippen LogP contribution < -0.4 is 5.32 Å². The number of fused-ring (bicyclic) bond motifs is 1. The summed E-state index contributed by atoms with van der Waals surface area (Å²) in [6, 6.07) is 13.0. The SMILES string of the molecule is O=C(NCCN1CCc2ccccc2C1)N1CCCCCC1c1ccncc1. The maximum atomic E-state index is 13.0. The van der Waals surface area contributed by atoms with Gasteiger partial charge in [0.2, 0.25) is 0 Å². The smallest absolute Gasteiger partial charge is 0.317 e. The minimum atomic E-state index is 0.0705. The van der Waals surface area contributed by atoms with Gasteiger partial charge in [-0.25, -0.2) is 4.79 Å². The van der Waals surface area contributed by atoms with Gasteiger partial charge in [0.15, 0.2) is 0 Å². The number of aromatic nitrogens is 1. The van der Waals surface area contributed by atoms with Gasteiger partial charge in [0, 0.05) is 45.1 Å². The molecule has 4 rings (SSSR count). The van der Waals surface area contributed by atoms with Crippen molar-refractivity contribution in [1.29, 1.82) is 0 Å². The van der Waals surface area contributed by atoms with Crippen molar-refractivity contribution >= 4 is 6.03 Å². The first-order chi connectivity index (χ1) is 13.8. The highest BCUT2D eigenvalue weighted by Gasteiger charge is 2.26. The van der Waals surface area contributed by atoms with Crippen molar-refractivity contribution < 1.29 is 4.79 Å². The Morgan fingerprint density at radius 2 is 1.86 bits per heavy atom. The number of pyridine rings is 1. The van der Waals surface area contributed by atoms with Gasteiger partial charge in [-0.2, -0.15) is 0 Å². The monoisotopic (exact) mass is 378 g/mol. The lowest BCUT2D eigenvalue weighted by molar-refractivity contribution is 0.172. The Hall–Kier alpha value is -2.40. The molecule has 1 aromatic heterocycles. The van der Waals surface area contributed by atoms with E-state index in [4.69, 9.17) is 0 Å². The summed E-state index contributed by atoms with van der Waals surface area (Å²) in [6.45, 7) is 4.47. The Bertz CT molecular complexity index is 779. The molecule has 1 saturated heterocycles. The number of hydrogen-bond acceptors (Lipinski definition) is 3. The van der Waals surface area contributed by atoms with E-state index >= 15 is 0 Å². The molecule has 1 aromatic carbocycles. The van der Waals surface area contributed by atoms with Gasteiger partial charge in [0.25, 0.3) is 0 Å². The second-order valence-corrected chi connectivity index (χ2v) is 7.87. The molecule has 1 fully saturated rings. The summed E-state index contributed by atoms with van der Waals surface area (Å²) in [7, 11) is 0. The molecule has 2 aliphatic heterocycles. The molecule has 1 atom stereocenters. The summed E-state index contributed by atoms with van der Waals surface area (Å²) in [6.07, 6.45) is 9.22. The Labute approximate surface area is 167 Å². The molecule has 5 heteroatoms. The van der Waals surface area contributed by atoms with Gasteiger partial charge in [-0.1, -0.05) is 37.1 Å². The minimum absolute atomic E-state index is 0.0705. The average molecular weight is 379 g/mol. The molecule has 28 heavy (non-hydrogen) atoms. The van der Waals surface area contributed by atoms with Crippen molar-refractivity contribution in [2.75, 3.05) is 26.2 Å². The molecule has 0 aliphatic carbocycles. The first-order valence-electron chi connectivity index (χ1n) is 10.5. The van der Waals surface area contributed by atoms with Gasteiger partial charge in [-0.3, -0.25) is 9.88 Å². The van der Waals surface area contributed by atoms with E-state index in [0.29, 0.717) is 6.54 Å². The van der Waals surface area contributed by atoms with E-state index in [2.05, 4.69) is 39.5 Å². The Morgan fingerprint density at radius 1 is 1.04 bits per heavy atom. The molecule has 0 spiro atoms. The molecule has 2 amide bonds. The zero-order valence-corrected chi connectivity index (χ0v) is 16.5. The lowest BCUT2D eigenvalue weighted by Crippen LogP contribution is -2.45. The summed E-state index contributed by atoms with van der Waals surface area (Å²) >= 11 is 0. The summed E-state index contributed by atoms with van der Waals surface area (Å²) in [5.41, 5.74) is 4.08. The zero-order chi connectivity index (χ0) is 19.2. The first-order valence-corrected chi connectivity index (χ1v) is 10.5. The Kier molecular flexibility index (Phi) is 6.22. The lowest BCUT2D eigenvalue weighted by atomic mass is 10.00. The third kappa shape index (κ3) is 4.53. The van der Waals surface area contributed by atoms with Crippen LogP contribution in [0.2, 0.25) is 0 Å². The molecule has 5 nitrogen and oxygen atoms in total. The number of urea groups is 1. The van der Waals surface area contributed by atoms with Crippen molar-refractivity contribution in [2.45, 2.75) is 44.7 Å². The van der Waals surface area contributed by atoms with Crippen LogP contribution in [0.3, 0.4) is 0 Å². The van der Waals surface area contributed by atoms with E-state index in [0.717, 1.165) is 45.4 Å². The molecule has 0 radical (unpaired) electrons. The van der Waals surface area contributed by atoms with Crippen LogP contribution in [0.15, 0.2) is 48.8 Å². The van der Waals surface area contributed by atoms with Crippen molar-refractivity contribution in [2.24, 2.45) is 0 Å². The maximum absolute atomic E-state index is 13.0. The summed E-state index contributed by atoms with van der Waals surface area (Å²) in [5.74, 6) is 0. The number of hydrogen-bond donors (Lipinski definition) is 1. The van der Waals surface area contributed by atoms with Crippen LogP contribution >= 0.6 is 0 Å². The van der Waals surface area contributed by atoms with Gasteiger partial charge in [-0.15, -0.1) is 0 Å². The highest BCUT2D eigenvalue weighted by Crippen LogP contribution is 2.29. The number of carbonyl (C=O) groups excluding carboxylic acids is 1. The summed E-state index contributed by atoms with van der Waals surface area (Å²) < 4.78 is 0. The highest BCUT2D eigenvalue weighted by molar-refractivity contribution is 5.74. The molecule has 0 bridgehead atoms. The highest BCUT2D eigenvalue weighted by atomic mass is 16.2. The molecule has 1 N–H and O–H groups in total. The number of amides is 2. The first kappa shape index (κ1) is 18.9. The van der Waals surface area contributed by atoms with Crippen molar-refractivity contribution in [1.82, 2.24) is 20.1 Å². The molecule has 2 aromatic rings. The topological polar surface area (TPSA) is 48.5 Å². The largest absolute Gasteiger partial charge is 0.337 e. The number of rotatable bonds is 4. The molecule has 3 heterocycles. The summed E-state index contributed by atoms with van der Waals surface area (Å²) in [4.78, 5) is 21.6. The van der Waals surface area contributed by atoms with Crippen LogP contribution in [0, 0.1) is 0 Å². The standard InChI is InChI=1S/C23H30N4O/c28-23(25-14-17-26-16-11-19-6-3-4-7-21(19)18-26)27-15-5-1-2-8-22(27)20-9-12-24-13-10-20/h3-4,6-7,9-10,12-13,22H,1-2,5,8,11,14-18H2,(H,25,28). The summed E-state index contributed by atoms with van der Waals surface area (Å²) in [5, 5.41) is 3.18. The molecule has 2 aliphatic rings. The fraction of sp³-hybridized carbons (Fsp3) is 0.478. The third-order valence-electron chi connectivity index (χ3n) is 6.02. The predicted molar refractivity (Wildman–Crippen MR) is 111 cm³/mol. The van der Waals surface area contributed by atoms with E-state index in [1.54, 1.807) is 0 Å². The lowest BCUT2D eigenvalue weighted by Gasteiger charge is -2.32. The molecule has 1 unspecified atom stereocenters. The van der Waals surface area contributed by atoms with Crippen molar-refractivity contribution in [3.8, 4) is 0 Å². The van der Waals surface area contributed by atoms with Crippen LogP contribution in [0.4, 0.5) is 4.79 Å². The fourth-order valence-electron chi connectivity index (χ4n) is 4.45. The van der Waals surface area contributed by atoms with Crippen LogP contribution in [-0.2, 0) is 13.0 Å². The number of carbonyl (C=O) groups is 1. The number of likely N-dealkylation sites (tertiary alicyclic amines) is 1. The fourth-order valence-corrected chi connectivity index (χ4v) is 4.45. The minimum Gasteiger partial charge on any atom is -0.337 e. The van der Waals surface area contributed by atoms with E-state index in [1.165, 1.54) is 29.5 Å². The second kappa shape index (κ2) is 9.20. The maximum Gasteiger partial charge on any atom is 0.317 e. The average Bonchev–Trinajstić information content (AvgIpc) is 3.00. The van der Waals surface area contributed by atoms with Gasteiger partial charge in [-0.05, 0) is 48.1 Å². The van der Waals surface area contributed by atoms with Gasteiger partial charge >= 0.3 is 6.03 Å². The predicted octanol–water partition coefficient (Wildman–Crippen LogP) is 3.77. The van der Waals surface area contributed by atoms with Gasteiger partial charge in [0.1, 0.15) is 0 Å². The molecule has 148 valence electrons. The van der Waals surface area contributed by atoms with Crippen LogP contribution in [-0.4, -0.2) is 47.0 Å². The van der Waals surface area contributed by atoms with Crippen molar-refractivity contribution in [3.05, 3.63) is 65.5 Å². The van der Waals surface area contributed by atoms with Crippen molar-refractivity contribution in [3.63, 3.8) is 0 Å². The number of benzene rings is 1. The molecule has 0 saturated carbocycles. The van der Waals surface area contributed by atoms with E-state index in [-0.39, 0.29) is 12.1 Å². The zero-order valence-electron chi connectivity index (χ0n) is 16.5. The van der Waals surface area contributed by atoms with E-state index < -0.39 is 0 Å². The van der Waals surface area contributed by atoms with Crippen LogP contribution in [0.5, 0.6) is 0 Å². The Morgan fingerprint density at radius 3 is 2.71 bits per heavy atom. The molecular formula is C23H30N4O. The number of nitrogens with one attached hydrogen (secondary N) is 1.